The molecule has 0 spiro atoms. The van der Waals surface area contributed by atoms with E-state index in [1.165, 1.54) is 0 Å². The summed E-state index contributed by atoms with van der Waals surface area (Å²) in [5.74, 6) is -1.64. The molecular weight excluding hydrogens is 196 g/mol. The minimum Gasteiger partial charge on any atom is -0.277 e. The average molecular weight is 212 g/mol. The largest absolute Gasteiger partial charge is 0.328 e. The number of hydrogen-bond acceptors (Lipinski definition) is 3. The zero-order valence-corrected chi connectivity index (χ0v) is 8.84. The molecule has 2 N–H and O–H groups in total. The molecular formula is C10H16N2O3. The van der Waals surface area contributed by atoms with Gasteiger partial charge in [0, 0.05) is 0 Å². The fourth-order valence-electron chi connectivity index (χ4n) is 1.59. The second kappa shape index (κ2) is 5.48. The van der Waals surface area contributed by atoms with Crippen LogP contribution in [0.25, 0.3) is 0 Å². The number of unbranched alkanes of at least 4 members (excludes halogenated alkanes) is 3. The molecule has 4 amide bonds. The Labute approximate surface area is 88.6 Å². The molecule has 5 heteroatoms. The van der Waals surface area contributed by atoms with Crippen molar-refractivity contribution in [3.05, 3.63) is 0 Å². The Bertz CT molecular complexity index is 256. The third-order valence-electron chi connectivity index (χ3n) is 2.45. The highest BCUT2D eigenvalue weighted by Crippen LogP contribution is 2.13. The number of rotatable bonds is 5. The van der Waals surface area contributed by atoms with Gasteiger partial charge in [-0.2, -0.15) is 0 Å². The molecule has 1 saturated heterocycles. The van der Waals surface area contributed by atoms with Crippen molar-refractivity contribution in [2.75, 3.05) is 0 Å². The van der Waals surface area contributed by atoms with E-state index in [-0.39, 0.29) is 0 Å². The zero-order valence-electron chi connectivity index (χ0n) is 8.84. The first-order chi connectivity index (χ1) is 7.15. The van der Waals surface area contributed by atoms with E-state index < -0.39 is 23.8 Å². The highest BCUT2D eigenvalue weighted by atomic mass is 16.2. The third kappa shape index (κ3) is 3.34. The van der Waals surface area contributed by atoms with E-state index >= 15 is 0 Å². The van der Waals surface area contributed by atoms with Crippen molar-refractivity contribution in [2.45, 2.75) is 39.0 Å². The van der Waals surface area contributed by atoms with E-state index in [4.69, 9.17) is 0 Å². The standard InChI is InChI=1S/C10H16N2O3/c1-2-3-4-5-6-7-8(13)11-10(15)12-9(7)14/h7H,2-6H2,1H3,(H2,11,12,13,14,15). The molecule has 0 saturated carbocycles. The minimum absolute atomic E-state index is 0.472. The molecule has 84 valence electrons. The van der Waals surface area contributed by atoms with Crippen LogP contribution in [0.1, 0.15) is 39.0 Å². The summed E-state index contributed by atoms with van der Waals surface area (Å²) < 4.78 is 0. The van der Waals surface area contributed by atoms with Gasteiger partial charge in [-0.05, 0) is 6.42 Å². The quantitative estimate of drug-likeness (QED) is 0.526. The molecule has 15 heavy (non-hydrogen) atoms. The second-order valence-corrected chi connectivity index (χ2v) is 3.71. The molecule has 0 bridgehead atoms. The Morgan fingerprint density at radius 3 is 2.13 bits per heavy atom. The van der Waals surface area contributed by atoms with Crippen LogP contribution in [0.3, 0.4) is 0 Å². The molecule has 0 aliphatic carbocycles. The van der Waals surface area contributed by atoms with Crippen LogP contribution in [-0.4, -0.2) is 17.8 Å². The summed E-state index contributed by atoms with van der Waals surface area (Å²) in [6.45, 7) is 2.10. The number of carbonyl (C=O) groups excluding carboxylic acids is 3. The second-order valence-electron chi connectivity index (χ2n) is 3.71. The van der Waals surface area contributed by atoms with Gasteiger partial charge in [-0.1, -0.05) is 32.6 Å². The first-order valence-corrected chi connectivity index (χ1v) is 5.31. The van der Waals surface area contributed by atoms with E-state index in [0.29, 0.717) is 6.42 Å². The van der Waals surface area contributed by atoms with Crippen molar-refractivity contribution < 1.29 is 14.4 Å². The van der Waals surface area contributed by atoms with Crippen LogP contribution in [0.5, 0.6) is 0 Å². The Morgan fingerprint density at radius 1 is 1.00 bits per heavy atom. The highest BCUT2D eigenvalue weighted by molar-refractivity contribution is 6.16. The molecule has 1 aliphatic rings. The van der Waals surface area contributed by atoms with Gasteiger partial charge in [0.25, 0.3) is 0 Å². The molecule has 0 atom stereocenters. The van der Waals surface area contributed by atoms with Gasteiger partial charge in [-0.15, -0.1) is 0 Å². The molecule has 1 heterocycles. The normalized spacial score (nSPS) is 17.5. The lowest BCUT2D eigenvalue weighted by molar-refractivity contribution is -0.136. The topological polar surface area (TPSA) is 75.3 Å². The van der Waals surface area contributed by atoms with Gasteiger partial charge < -0.3 is 0 Å². The number of urea groups is 1. The molecule has 1 aliphatic heterocycles. The van der Waals surface area contributed by atoms with E-state index in [9.17, 15) is 14.4 Å². The van der Waals surface area contributed by atoms with Crippen LogP contribution in [0.15, 0.2) is 0 Å². The molecule has 0 aromatic heterocycles. The lowest BCUT2D eigenvalue weighted by atomic mass is 9.98. The molecule has 1 rings (SSSR count). The van der Waals surface area contributed by atoms with Crippen molar-refractivity contribution in [3.8, 4) is 0 Å². The summed E-state index contributed by atoms with van der Waals surface area (Å²) >= 11 is 0. The molecule has 0 radical (unpaired) electrons. The molecule has 1 fully saturated rings. The van der Waals surface area contributed by atoms with Crippen molar-refractivity contribution in [1.82, 2.24) is 10.6 Å². The maximum Gasteiger partial charge on any atom is 0.328 e. The van der Waals surface area contributed by atoms with Gasteiger partial charge in [0.05, 0.1) is 0 Å². The highest BCUT2D eigenvalue weighted by Gasteiger charge is 2.33. The van der Waals surface area contributed by atoms with Crippen LogP contribution in [0, 0.1) is 5.92 Å². The fraction of sp³-hybridized carbons (Fsp3) is 0.700. The fourth-order valence-corrected chi connectivity index (χ4v) is 1.59. The number of hydrogen-bond donors (Lipinski definition) is 2. The van der Waals surface area contributed by atoms with Crippen LogP contribution in [-0.2, 0) is 9.59 Å². The maximum absolute atomic E-state index is 11.3. The minimum atomic E-state index is -0.713. The van der Waals surface area contributed by atoms with E-state index in [1.54, 1.807) is 0 Å². The van der Waals surface area contributed by atoms with Crippen molar-refractivity contribution in [3.63, 3.8) is 0 Å². The predicted octanol–water partition coefficient (Wildman–Crippen LogP) is 0.939. The number of barbiturate groups is 1. The Balaban J connectivity index is 2.36. The van der Waals surface area contributed by atoms with E-state index in [2.05, 4.69) is 17.6 Å². The van der Waals surface area contributed by atoms with Gasteiger partial charge in [-0.25, -0.2) is 4.79 Å². The smallest absolute Gasteiger partial charge is 0.277 e. The van der Waals surface area contributed by atoms with E-state index in [0.717, 1.165) is 25.7 Å². The van der Waals surface area contributed by atoms with Crippen molar-refractivity contribution in [1.29, 1.82) is 0 Å². The molecule has 0 unspecified atom stereocenters. The third-order valence-corrected chi connectivity index (χ3v) is 2.45. The Morgan fingerprint density at radius 2 is 1.60 bits per heavy atom. The summed E-state index contributed by atoms with van der Waals surface area (Å²) in [6.07, 6.45) is 4.59. The number of imide groups is 2. The van der Waals surface area contributed by atoms with Gasteiger partial charge in [0.15, 0.2) is 0 Å². The van der Waals surface area contributed by atoms with Crippen molar-refractivity contribution >= 4 is 17.8 Å². The van der Waals surface area contributed by atoms with Crippen LogP contribution in [0.2, 0.25) is 0 Å². The molecule has 0 aromatic carbocycles. The lowest BCUT2D eigenvalue weighted by Crippen LogP contribution is -2.55. The lowest BCUT2D eigenvalue weighted by Gasteiger charge is -2.20. The Kier molecular flexibility index (Phi) is 4.27. The molecule has 5 nitrogen and oxygen atoms in total. The van der Waals surface area contributed by atoms with Crippen LogP contribution < -0.4 is 10.6 Å². The average Bonchev–Trinajstić information content (AvgIpc) is 2.15. The number of nitrogens with one attached hydrogen (secondary N) is 2. The Hall–Kier alpha value is -1.39. The summed E-state index contributed by atoms with van der Waals surface area (Å²) in [5.41, 5.74) is 0. The monoisotopic (exact) mass is 212 g/mol. The van der Waals surface area contributed by atoms with Crippen LogP contribution in [0.4, 0.5) is 4.79 Å². The number of carbonyl (C=O) groups is 3. The van der Waals surface area contributed by atoms with Crippen LogP contribution >= 0.6 is 0 Å². The number of amides is 4. The SMILES string of the molecule is CCCCCCC1C(=O)NC(=O)NC1=O. The molecule has 0 aromatic rings. The summed E-state index contributed by atoms with van der Waals surface area (Å²) in [4.78, 5) is 33.3. The van der Waals surface area contributed by atoms with Gasteiger partial charge in [0.2, 0.25) is 11.8 Å². The first kappa shape index (κ1) is 11.7. The summed E-state index contributed by atoms with van der Waals surface area (Å²) in [5, 5.41) is 4.18. The summed E-state index contributed by atoms with van der Waals surface area (Å²) in [6, 6.07) is -0.713. The van der Waals surface area contributed by atoms with Crippen molar-refractivity contribution in [2.24, 2.45) is 5.92 Å². The first-order valence-electron chi connectivity index (χ1n) is 5.31. The maximum atomic E-state index is 11.3. The zero-order chi connectivity index (χ0) is 11.3. The summed E-state index contributed by atoms with van der Waals surface area (Å²) in [7, 11) is 0. The predicted molar refractivity (Wildman–Crippen MR) is 53.9 cm³/mol. The van der Waals surface area contributed by atoms with Gasteiger partial charge in [0.1, 0.15) is 5.92 Å². The van der Waals surface area contributed by atoms with E-state index in [1.807, 2.05) is 0 Å². The van der Waals surface area contributed by atoms with Gasteiger partial charge >= 0.3 is 6.03 Å². The van der Waals surface area contributed by atoms with Gasteiger partial charge in [-0.3, -0.25) is 20.2 Å².